The molecule has 0 aliphatic rings. The Bertz CT molecular complexity index is 1100. The quantitative estimate of drug-likeness (QED) is 0.526. The number of nitrogen functional groups attached to an aromatic ring is 1. The van der Waals surface area contributed by atoms with Crippen LogP contribution in [0.1, 0.15) is 43.5 Å². The Balaban J connectivity index is 1.79. The fourth-order valence-corrected chi connectivity index (χ4v) is 3.91. The van der Waals surface area contributed by atoms with Gasteiger partial charge in [-0.1, -0.05) is 57.2 Å². The van der Waals surface area contributed by atoms with Crippen molar-refractivity contribution in [3.05, 3.63) is 71.7 Å². The molecule has 1 atom stereocenters. The number of benzene rings is 2. The number of aromatic nitrogens is 4. The second kappa shape index (κ2) is 6.75. The summed E-state index contributed by atoms with van der Waals surface area (Å²) in [7, 11) is 0. The summed E-state index contributed by atoms with van der Waals surface area (Å²) >= 11 is 0. The molecule has 1 unspecified atom stereocenters. The first kappa shape index (κ1) is 18.2. The van der Waals surface area contributed by atoms with Crippen LogP contribution in [0.5, 0.6) is 0 Å². The standard InChI is InChI=1S/C23H25N5/c1-14-6-5-7-18-19(14)21(28-27-18)20(23(2,3)4)16-10-8-15(9-11-16)17-12-25-22(24)26-13-17/h5-13,20H,1-4H3,(H,27,28)(H2,24,25,26). The lowest BCUT2D eigenvalue weighted by Gasteiger charge is -2.30. The Morgan fingerprint density at radius 1 is 0.929 bits per heavy atom. The zero-order valence-corrected chi connectivity index (χ0v) is 16.7. The minimum Gasteiger partial charge on any atom is -0.368 e. The summed E-state index contributed by atoms with van der Waals surface area (Å²) in [6.07, 6.45) is 3.51. The molecule has 0 aliphatic heterocycles. The van der Waals surface area contributed by atoms with Crippen molar-refractivity contribution in [2.75, 3.05) is 5.73 Å². The number of H-pyrrole nitrogens is 1. The van der Waals surface area contributed by atoms with Crippen LogP contribution in [0.2, 0.25) is 0 Å². The molecule has 4 aromatic rings. The smallest absolute Gasteiger partial charge is 0.219 e. The van der Waals surface area contributed by atoms with Gasteiger partial charge in [0.15, 0.2) is 0 Å². The molecule has 3 N–H and O–H groups in total. The SMILES string of the molecule is Cc1cccc2[nH]nc(C(c3ccc(-c4cnc(N)nc4)cc3)C(C)(C)C)c12. The fourth-order valence-electron chi connectivity index (χ4n) is 3.91. The second-order valence-electron chi connectivity index (χ2n) is 8.36. The summed E-state index contributed by atoms with van der Waals surface area (Å²) in [5.74, 6) is 0.452. The van der Waals surface area contributed by atoms with Gasteiger partial charge in [-0.25, -0.2) is 9.97 Å². The van der Waals surface area contributed by atoms with Crippen LogP contribution in [0.25, 0.3) is 22.0 Å². The number of fused-ring (bicyclic) bond motifs is 1. The molecule has 0 bridgehead atoms. The van der Waals surface area contributed by atoms with E-state index in [-0.39, 0.29) is 17.3 Å². The first-order chi connectivity index (χ1) is 13.3. The third-order valence-corrected chi connectivity index (χ3v) is 5.21. The fraction of sp³-hybridized carbons (Fsp3) is 0.261. The van der Waals surface area contributed by atoms with Gasteiger partial charge in [0.2, 0.25) is 5.95 Å². The summed E-state index contributed by atoms with van der Waals surface area (Å²) in [6.45, 7) is 8.93. The van der Waals surface area contributed by atoms with Gasteiger partial charge in [0.1, 0.15) is 0 Å². The summed E-state index contributed by atoms with van der Waals surface area (Å²) in [4.78, 5) is 8.18. The molecule has 2 heterocycles. The van der Waals surface area contributed by atoms with Crippen molar-refractivity contribution in [2.24, 2.45) is 5.41 Å². The minimum atomic E-state index is 0.0101. The van der Waals surface area contributed by atoms with E-state index in [4.69, 9.17) is 10.8 Å². The molecular formula is C23H25N5. The van der Waals surface area contributed by atoms with E-state index in [0.29, 0.717) is 0 Å². The number of hydrogen-bond acceptors (Lipinski definition) is 4. The third-order valence-electron chi connectivity index (χ3n) is 5.21. The number of hydrogen-bond donors (Lipinski definition) is 2. The highest BCUT2D eigenvalue weighted by Gasteiger charge is 2.31. The van der Waals surface area contributed by atoms with Crippen molar-refractivity contribution >= 4 is 16.9 Å². The van der Waals surface area contributed by atoms with E-state index >= 15 is 0 Å². The molecule has 5 nitrogen and oxygen atoms in total. The van der Waals surface area contributed by atoms with Crippen molar-refractivity contribution in [3.63, 3.8) is 0 Å². The number of aryl methyl sites for hydroxylation is 1. The Labute approximate surface area is 165 Å². The van der Waals surface area contributed by atoms with E-state index in [2.05, 4.69) is 85.2 Å². The van der Waals surface area contributed by atoms with Gasteiger partial charge in [-0.2, -0.15) is 5.10 Å². The lowest BCUT2D eigenvalue weighted by Crippen LogP contribution is -2.20. The Morgan fingerprint density at radius 2 is 1.61 bits per heavy atom. The van der Waals surface area contributed by atoms with Gasteiger partial charge in [-0.15, -0.1) is 0 Å². The highest BCUT2D eigenvalue weighted by atomic mass is 15.1. The summed E-state index contributed by atoms with van der Waals surface area (Å²) in [5, 5.41) is 9.17. The molecule has 4 rings (SSSR count). The van der Waals surface area contributed by atoms with Crippen molar-refractivity contribution in [1.29, 1.82) is 0 Å². The van der Waals surface area contributed by atoms with Gasteiger partial charge >= 0.3 is 0 Å². The predicted molar refractivity (Wildman–Crippen MR) is 114 cm³/mol. The molecule has 5 heteroatoms. The lowest BCUT2D eigenvalue weighted by molar-refractivity contribution is 0.354. The van der Waals surface area contributed by atoms with Gasteiger partial charge < -0.3 is 5.73 Å². The van der Waals surface area contributed by atoms with Crippen LogP contribution in [0.3, 0.4) is 0 Å². The van der Waals surface area contributed by atoms with Crippen molar-refractivity contribution in [3.8, 4) is 11.1 Å². The van der Waals surface area contributed by atoms with E-state index in [1.807, 2.05) is 0 Å². The maximum atomic E-state index is 5.60. The van der Waals surface area contributed by atoms with Crippen LogP contribution in [-0.2, 0) is 0 Å². The van der Waals surface area contributed by atoms with E-state index in [1.54, 1.807) is 12.4 Å². The number of rotatable bonds is 3. The van der Waals surface area contributed by atoms with Crippen LogP contribution in [-0.4, -0.2) is 20.2 Å². The molecule has 28 heavy (non-hydrogen) atoms. The molecule has 0 fully saturated rings. The Kier molecular flexibility index (Phi) is 4.38. The summed E-state index contributed by atoms with van der Waals surface area (Å²) < 4.78 is 0. The molecule has 0 saturated carbocycles. The van der Waals surface area contributed by atoms with E-state index < -0.39 is 0 Å². The number of nitrogens with two attached hydrogens (primary N) is 1. The summed E-state index contributed by atoms with van der Waals surface area (Å²) in [6, 6.07) is 14.9. The van der Waals surface area contributed by atoms with E-state index in [1.165, 1.54) is 16.5 Å². The highest BCUT2D eigenvalue weighted by Crippen LogP contribution is 2.43. The van der Waals surface area contributed by atoms with Gasteiger partial charge in [-0.3, -0.25) is 5.10 Å². The molecule has 142 valence electrons. The zero-order valence-electron chi connectivity index (χ0n) is 16.7. The summed E-state index contributed by atoms with van der Waals surface area (Å²) in [5.41, 5.74) is 12.3. The number of nitrogens with zero attached hydrogens (tertiary/aromatic N) is 3. The van der Waals surface area contributed by atoms with Crippen LogP contribution >= 0.6 is 0 Å². The molecule has 2 aromatic heterocycles. The third kappa shape index (κ3) is 3.24. The predicted octanol–water partition coefficient (Wildman–Crippen LogP) is 5.09. The van der Waals surface area contributed by atoms with Crippen LogP contribution < -0.4 is 5.73 Å². The highest BCUT2D eigenvalue weighted by molar-refractivity contribution is 5.85. The van der Waals surface area contributed by atoms with E-state index in [9.17, 15) is 0 Å². The van der Waals surface area contributed by atoms with Crippen LogP contribution in [0.4, 0.5) is 5.95 Å². The topological polar surface area (TPSA) is 80.5 Å². The van der Waals surface area contributed by atoms with Gasteiger partial charge in [0.25, 0.3) is 0 Å². The monoisotopic (exact) mass is 371 g/mol. The number of anilines is 1. The molecule has 0 aliphatic carbocycles. The van der Waals surface area contributed by atoms with Crippen molar-refractivity contribution in [1.82, 2.24) is 20.2 Å². The average molecular weight is 371 g/mol. The largest absolute Gasteiger partial charge is 0.368 e. The van der Waals surface area contributed by atoms with E-state index in [0.717, 1.165) is 22.3 Å². The van der Waals surface area contributed by atoms with Gasteiger partial charge in [-0.05, 0) is 35.1 Å². The minimum absolute atomic E-state index is 0.0101. The molecule has 0 amide bonds. The van der Waals surface area contributed by atoms with Crippen molar-refractivity contribution < 1.29 is 0 Å². The van der Waals surface area contributed by atoms with Crippen LogP contribution in [0.15, 0.2) is 54.9 Å². The molecule has 0 saturated heterocycles. The average Bonchev–Trinajstić information content (AvgIpc) is 3.07. The first-order valence-electron chi connectivity index (χ1n) is 9.46. The normalized spacial score (nSPS) is 13.0. The first-order valence-corrected chi connectivity index (χ1v) is 9.46. The molecule has 0 spiro atoms. The number of aromatic amines is 1. The molecular weight excluding hydrogens is 346 g/mol. The zero-order chi connectivity index (χ0) is 19.9. The number of nitrogens with one attached hydrogen (secondary N) is 1. The lowest BCUT2D eigenvalue weighted by atomic mass is 9.73. The second-order valence-corrected chi connectivity index (χ2v) is 8.36. The van der Waals surface area contributed by atoms with Crippen molar-refractivity contribution in [2.45, 2.75) is 33.6 Å². The Hall–Kier alpha value is -3.21. The van der Waals surface area contributed by atoms with Gasteiger partial charge in [0, 0.05) is 29.3 Å². The maximum Gasteiger partial charge on any atom is 0.219 e. The molecule has 0 radical (unpaired) electrons. The Morgan fingerprint density at radius 3 is 2.25 bits per heavy atom. The van der Waals surface area contributed by atoms with Crippen LogP contribution in [0, 0.1) is 12.3 Å². The molecule has 2 aromatic carbocycles. The maximum absolute atomic E-state index is 5.60. The van der Waals surface area contributed by atoms with Gasteiger partial charge in [0.05, 0.1) is 11.2 Å².